The lowest BCUT2D eigenvalue weighted by Crippen LogP contribution is -2.39. The summed E-state index contributed by atoms with van der Waals surface area (Å²) in [4.78, 5) is 10.6. The van der Waals surface area contributed by atoms with Crippen LogP contribution in [0.1, 0.15) is 27.7 Å². The van der Waals surface area contributed by atoms with Crippen LogP contribution in [0, 0.1) is 0 Å². The molecule has 1 aromatic rings. The largest absolute Gasteiger partial charge is 0.480 e. The van der Waals surface area contributed by atoms with Crippen molar-refractivity contribution in [2.45, 2.75) is 39.8 Å². The molecule has 1 rings (SSSR count). The molecule has 0 aromatic carbocycles. The molecule has 0 aliphatic carbocycles. The lowest BCUT2D eigenvalue weighted by Gasteiger charge is -2.30. The second-order valence-electron chi connectivity index (χ2n) is 4.78. The minimum Gasteiger partial charge on any atom is -0.480 e. The second-order valence-corrected chi connectivity index (χ2v) is 5.64. The number of hydrogen-bond acceptors (Lipinski definition) is 5. The van der Waals surface area contributed by atoms with Gasteiger partial charge < -0.3 is 9.47 Å². The van der Waals surface area contributed by atoms with E-state index >= 15 is 0 Å². The lowest BCUT2D eigenvalue weighted by molar-refractivity contribution is 0.137. The molecule has 5 nitrogen and oxygen atoms in total. The summed E-state index contributed by atoms with van der Waals surface area (Å²) in [6.45, 7) is 10.1. The van der Waals surface area contributed by atoms with E-state index in [1.807, 2.05) is 0 Å². The molecule has 0 saturated carbocycles. The summed E-state index contributed by atoms with van der Waals surface area (Å²) in [5.74, 6) is 0.481. The van der Waals surface area contributed by atoms with Crippen LogP contribution in [-0.4, -0.2) is 47.2 Å². The van der Waals surface area contributed by atoms with Gasteiger partial charge >= 0.3 is 6.01 Å². The van der Waals surface area contributed by atoms with E-state index in [0.717, 1.165) is 6.54 Å². The lowest BCUT2D eigenvalue weighted by atomic mass is 10.2. The van der Waals surface area contributed by atoms with Crippen LogP contribution in [-0.2, 0) is 0 Å². The van der Waals surface area contributed by atoms with Crippen LogP contribution in [0.2, 0.25) is 0 Å². The highest BCUT2D eigenvalue weighted by Crippen LogP contribution is 2.22. The maximum atomic E-state index is 5.57. The first-order valence-electron chi connectivity index (χ1n) is 6.40. The Hall–Kier alpha value is -0.880. The molecule has 19 heavy (non-hydrogen) atoms. The minimum atomic E-state index is 0.340. The third-order valence-electron chi connectivity index (χ3n) is 2.79. The first-order valence-corrected chi connectivity index (χ1v) is 7.20. The van der Waals surface area contributed by atoms with Crippen LogP contribution in [0.25, 0.3) is 0 Å². The van der Waals surface area contributed by atoms with Gasteiger partial charge in [0.25, 0.3) is 0 Å². The summed E-state index contributed by atoms with van der Waals surface area (Å²) < 4.78 is 11.4. The number of halogens is 1. The molecule has 0 unspecified atom stereocenters. The van der Waals surface area contributed by atoms with Gasteiger partial charge in [-0.25, -0.2) is 4.98 Å². The molecule has 0 atom stereocenters. The molecular weight excluding hydrogens is 310 g/mol. The van der Waals surface area contributed by atoms with Gasteiger partial charge in [-0.3, -0.25) is 4.90 Å². The van der Waals surface area contributed by atoms with Crippen molar-refractivity contribution in [3.8, 4) is 11.9 Å². The molecule has 0 radical (unpaired) electrons. The summed E-state index contributed by atoms with van der Waals surface area (Å²) in [5.41, 5.74) is 0. The van der Waals surface area contributed by atoms with Crippen molar-refractivity contribution in [2.24, 2.45) is 0 Å². The normalized spacial score (nSPS) is 11.4. The zero-order chi connectivity index (χ0) is 14.4. The first-order chi connectivity index (χ1) is 8.95. The monoisotopic (exact) mass is 331 g/mol. The number of ether oxygens (including phenoxy) is 2. The van der Waals surface area contributed by atoms with Crippen LogP contribution in [0.4, 0.5) is 0 Å². The van der Waals surface area contributed by atoms with E-state index in [1.54, 1.807) is 13.3 Å². The Balaban J connectivity index is 2.53. The molecule has 0 amide bonds. The van der Waals surface area contributed by atoms with Gasteiger partial charge in [-0.2, -0.15) is 4.98 Å². The van der Waals surface area contributed by atoms with Crippen molar-refractivity contribution in [1.82, 2.24) is 14.9 Å². The van der Waals surface area contributed by atoms with Gasteiger partial charge in [0, 0.05) is 18.6 Å². The molecule has 0 N–H and O–H groups in total. The molecule has 0 bridgehead atoms. The predicted molar refractivity (Wildman–Crippen MR) is 78.8 cm³/mol. The Morgan fingerprint density at radius 3 is 2.42 bits per heavy atom. The Labute approximate surface area is 123 Å². The maximum absolute atomic E-state index is 5.57. The third-order valence-corrected chi connectivity index (χ3v) is 3.33. The van der Waals surface area contributed by atoms with Crippen molar-refractivity contribution in [3.05, 3.63) is 10.7 Å². The van der Waals surface area contributed by atoms with Crippen molar-refractivity contribution < 1.29 is 9.47 Å². The summed E-state index contributed by atoms with van der Waals surface area (Å²) in [5, 5.41) is 0. The zero-order valence-corrected chi connectivity index (χ0v) is 13.8. The predicted octanol–water partition coefficient (Wildman–Crippen LogP) is 2.75. The van der Waals surface area contributed by atoms with Crippen LogP contribution in [0.5, 0.6) is 11.9 Å². The number of aromatic nitrogens is 2. The number of nitrogens with zero attached hydrogens (tertiary/aromatic N) is 3. The van der Waals surface area contributed by atoms with Gasteiger partial charge in [-0.05, 0) is 43.6 Å². The first kappa shape index (κ1) is 16.2. The van der Waals surface area contributed by atoms with E-state index in [1.165, 1.54) is 0 Å². The second kappa shape index (κ2) is 7.65. The molecule has 1 heterocycles. The Kier molecular flexibility index (Phi) is 6.51. The Morgan fingerprint density at radius 1 is 1.26 bits per heavy atom. The van der Waals surface area contributed by atoms with Crippen LogP contribution < -0.4 is 9.47 Å². The van der Waals surface area contributed by atoms with E-state index in [-0.39, 0.29) is 0 Å². The van der Waals surface area contributed by atoms with Gasteiger partial charge in [-0.1, -0.05) is 0 Å². The maximum Gasteiger partial charge on any atom is 0.319 e. The quantitative estimate of drug-likeness (QED) is 0.768. The molecule has 0 fully saturated rings. The van der Waals surface area contributed by atoms with Crippen molar-refractivity contribution in [3.63, 3.8) is 0 Å². The van der Waals surface area contributed by atoms with E-state index in [9.17, 15) is 0 Å². The van der Waals surface area contributed by atoms with E-state index < -0.39 is 0 Å². The van der Waals surface area contributed by atoms with Crippen LogP contribution >= 0.6 is 15.9 Å². The van der Waals surface area contributed by atoms with E-state index in [0.29, 0.717) is 35.1 Å². The van der Waals surface area contributed by atoms with Crippen LogP contribution in [0.3, 0.4) is 0 Å². The van der Waals surface area contributed by atoms with Crippen LogP contribution in [0.15, 0.2) is 10.7 Å². The fourth-order valence-electron chi connectivity index (χ4n) is 1.90. The highest BCUT2D eigenvalue weighted by Gasteiger charge is 2.13. The summed E-state index contributed by atoms with van der Waals surface area (Å²) in [6.07, 6.45) is 1.63. The van der Waals surface area contributed by atoms with Crippen molar-refractivity contribution >= 4 is 15.9 Å². The van der Waals surface area contributed by atoms with Gasteiger partial charge in [0.2, 0.25) is 5.88 Å². The molecule has 1 aromatic heterocycles. The summed E-state index contributed by atoms with van der Waals surface area (Å²) >= 11 is 3.31. The molecule has 0 aliphatic rings. The zero-order valence-electron chi connectivity index (χ0n) is 12.2. The van der Waals surface area contributed by atoms with Crippen molar-refractivity contribution in [2.75, 3.05) is 20.3 Å². The van der Waals surface area contributed by atoms with E-state index in [2.05, 4.69) is 58.5 Å². The van der Waals surface area contributed by atoms with Gasteiger partial charge in [0.05, 0.1) is 17.8 Å². The molecule has 6 heteroatoms. The number of rotatable bonds is 7. The van der Waals surface area contributed by atoms with Gasteiger partial charge in [-0.15, -0.1) is 0 Å². The minimum absolute atomic E-state index is 0.340. The average Bonchev–Trinajstić information content (AvgIpc) is 2.35. The van der Waals surface area contributed by atoms with Crippen molar-refractivity contribution in [1.29, 1.82) is 0 Å². The summed E-state index contributed by atoms with van der Waals surface area (Å²) in [6, 6.07) is 1.32. The number of hydrogen-bond donors (Lipinski definition) is 0. The SMILES string of the molecule is COc1nc(OCCN(C(C)C)C(C)C)ncc1Br. The standard InChI is InChI=1S/C13H22BrN3O2/c1-9(2)17(10(3)4)6-7-19-13-15-8-11(14)12(16-13)18-5/h8-10H,6-7H2,1-5H3. The fraction of sp³-hybridized carbons (Fsp3) is 0.692. The smallest absolute Gasteiger partial charge is 0.319 e. The molecule has 108 valence electrons. The molecule has 0 spiro atoms. The molecule has 0 saturated heterocycles. The molecular formula is C13H22BrN3O2. The van der Waals surface area contributed by atoms with Gasteiger partial charge in [0.1, 0.15) is 6.61 Å². The van der Waals surface area contributed by atoms with E-state index in [4.69, 9.17) is 9.47 Å². The van der Waals surface area contributed by atoms with Gasteiger partial charge in [0.15, 0.2) is 0 Å². The Morgan fingerprint density at radius 2 is 1.89 bits per heavy atom. The topological polar surface area (TPSA) is 47.5 Å². The Bertz CT molecular complexity index is 391. The highest BCUT2D eigenvalue weighted by atomic mass is 79.9. The third kappa shape index (κ3) is 4.95. The average molecular weight is 332 g/mol. The molecule has 0 aliphatic heterocycles. The fourth-order valence-corrected chi connectivity index (χ4v) is 2.26. The summed E-state index contributed by atoms with van der Waals surface area (Å²) in [7, 11) is 1.57. The number of methoxy groups -OCH3 is 1. The highest BCUT2D eigenvalue weighted by molar-refractivity contribution is 9.10.